The van der Waals surface area contributed by atoms with Gasteiger partial charge in [0, 0.05) is 23.5 Å². The fraction of sp³-hybridized carbons (Fsp3) is 0.200. The number of carbonyl (C=O) groups excluding carboxylic acids is 1. The second-order valence-corrected chi connectivity index (χ2v) is 5.72. The number of pyridine rings is 1. The van der Waals surface area contributed by atoms with E-state index in [0.717, 1.165) is 0 Å². The van der Waals surface area contributed by atoms with Crippen LogP contribution in [0.1, 0.15) is 23.0 Å². The maximum absolute atomic E-state index is 12.8. The van der Waals surface area contributed by atoms with Crippen LogP contribution in [0.2, 0.25) is 0 Å². The van der Waals surface area contributed by atoms with Crippen molar-refractivity contribution >= 4 is 5.97 Å². The largest absolute Gasteiger partial charge is 0.462 e. The van der Waals surface area contributed by atoms with Crippen molar-refractivity contribution < 1.29 is 23.0 Å². The van der Waals surface area contributed by atoms with E-state index in [1.165, 1.54) is 12.3 Å². The van der Waals surface area contributed by atoms with Gasteiger partial charge in [-0.05, 0) is 44.2 Å². The molecule has 8 heteroatoms. The third kappa shape index (κ3) is 4.28. The van der Waals surface area contributed by atoms with Crippen molar-refractivity contribution in [1.82, 2.24) is 15.0 Å². The number of nitrogens with zero attached hydrogens (tertiary/aromatic N) is 3. The molecule has 28 heavy (non-hydrogen) atoms. The van der Waals surface area contributed by atoms with Gasteiger partial charge in [-0.25, -0.2) is 14.8 Å². The van der Waals surface area contributed by atoms with Crippen molar-refractivity contribution in [1.29, 1.82) is 0 Å². The van der Waals surface area contributed by atoms with E-state index in [1.807, 2.05) is 0 Å². The number of esters is 1. The summed E-state index contributed by atoms with van der Waals surface area (Å²) in [5, 5.41) is 0. The minimum Gasteiger partial charge on any atom is -0.462 e. The summed E-state index contributed by atoms with van der Waals surface area (Å²) in [5.41, 5.74) is 2.15. The van der Waals surface area contributed by atoms with Crippen LogP contribution >= 0.6 is 0 Å². The van der Waals surface area contributed by atoms with E-state index < -0.39 is 12.6 Å². The summed E-state index contributed by atoms with van der Waals surface area (Å²) in [5.74, 6) is -0.162. The molecule has 0 aliphatic carbocycles. The fourth-order valence-corrected chi connectivity index (χ4v) is 2.61. The Balaban J connectivity index is 2.03. The summed E-state index contributed by atoms with van der Waals surface area (Å²) in [7, 11) is 0. The molecular weight excluding hydrogens is 368 g/mol. The lowest BCUT2D eigenvalue weighted by Crippen LogP contribution is -2.09. The molecule has 3 rings (SSSR count). The lowest BCUT2D eigenvalue weighted by Gasteiger charge is -2.12. The molecule has 0 saturated carbocycles. The van der Waals surface area contributed by atoms with Gasteiger partial charge < -0.3 is 9.47 Å². The standard InChI is InChI=1S/C20H17F2N3O3/c1-3-27-19(26)15-11-24-18(25-12(15)2)13-7-8-17(28-20(21)22)14(10-13)16-6-4-5-9-23-16/h4-11,20H,3H2,1-2H3. The predicted octanol–water partition coefficient (Wildman–Crippen LogP) is 4.29. The molecular formula is C20H17F2N3O3. The maximum atomic E-state index is 12.8. The van der Waals surface area contributed by atoms with Gasteiger partial charge in [0.15, 0.2) is 5.82 Å². The summed E-state index contributed by atoms with van der Waals surface area (Å²) in [6, 6.07) is 9.77. The summed E-state index contributed by atoms with van der Waals surface area (Å²) in [6.45, 7) is 0.672. The van der Waals surface area contributed by atoms with Crippen molar-refractivity contribution in [2.75, 3.05) is 6.61 Å². The quantitative estimate of drug-likeness (QED) is 0.589. The maximum Gasteiger partial charge on any atom is 0.387 e. The molecule has 0 unspecified atom stereocenters. The lowest BCUT2D eigenvalue weighted by molar-refractivity contribution is -0.0494. The van der Waals surface area contributed by atoms with E-state index in [2.05, 4.69) is 19.7 Å². The van der Waals surface area contributed by atoms with Crippen LogP contribution in [0.5, 0.6) is 5.75 Å². The Morgan fingerprint density at radius 3 is 2.64 bits per heavy atom. The Labute approximate surface area is 160 Å². The van der Waals surface area contributed by atoms with Gasteiger partial charge in [0.2, 0.25) is 0 Å². The van der Waals surface area contributed by atoms with Crippen LogP contribution in [-0.2, 0) is 4.74 Å². The first-order valence-corrected chi connectivity index (χ1v) is 8.51. The molecule has 0 aliphatic heterocycles. The Bertz CT molecular complexity index is 982. The van der Waals surface area contributed by atoms with Crippen LogP contribution in [0.3, 0.4) is 0 Å². The van der Waals surface area contributed by atoms with E-state index >= 15 is 0 Å². The number of ether oxygens (including phenoxy) is 2. The van der Waals surface area contributed by atoms with Crippen molar-refractivity contribution in [2.24, 2.45) is 0 Å². The molecule has 2 heterocycles. The molecule has 144 valence electrons. The van der Waals surface area contributed by atoms with Gasteiger partial charge in [0.25, 0.3) is 0 Å². The average molecular weight is 385 g/mol. The fourth-order valence-electron chi connectivity index (χ4n) is 2.61. The zero-order valence-electron chi connectivity index (χ0n) is 15.2. The van der Waals surface area contributed by atoms with Crippen molar-refractivity contribution in [3.05, 3.63) is 60.0 Å². The number of benzene rings is 1. The Morgan fingerprint density at radius 2 is 2.00 bits per heavy atom. The van der Waals surface area contributed by atoms with E-state index in [-0.39, 0.29) is 17.9 Å². The zero-order valence-corrected chi connectivity index (χ0v) is 15.2. The van der Waals surface area contributed by atoms with Crippen molar-refractivity contribution in [3.63, 3.8) is 0 Å². The normalized spacial score (nSPS) is 10.8. The number of aromatic nitrogens is 3. The van der Waals surface area contributed by atoms with E-state index in [9.17, 15) is 13.6 Å². The number of carbonyl (C=O) groups is 1. The highest BCUT2D eigenvalue weighted by Crippen LogP contribution is 2.33. The number of hydrogen-bond acceptors (Lipinski definition) is 6. The molecule has 3 aromatic rings. The zero-order chi connectivity index (χ0) is 20.1. The molecule has 0 radical (unpaired) electrons. The van der Waals surface area contributed by atoms with Crippen molar-refractivity contribution in [3.8, 4) is 28.4 Å². The average Bonchev–Trinajstić information content (AvgIpc) is 2.68. The number of aryl methyl sites for hydroxylation is 1. The molecule has 0 amide bonds. The predicted molar refractivity (Wildman–Crippen MR) is 98.0 cm³/mol. The highest BCUT2D eigenvalue weighted by Gasteiger charge is 2.17. The molecule has 0 N–H and O–H groups in total. The van der Waals surface area contributed by atoms with Gasteiger partial charge in [-0.3, -0.25) is 4.98 Å². The van der Waals surface area contributed by atoms with E-state index in [1.54, 1.807) is 50.4 Å². The van der Waals surface area contributed by atoms with Gasteiger partial charge in [0.1, 0.15) is 5.75 Å². The van der Waals surface area contributed by atoms with Crippen LogP contribution < -0.4 is 4.74 Å². The molecule has 0 saturated heterocycles. The molecule has 0 spiro atoms. The molecule has 1 aromatic carbocycles. The van der Waals surface area contributed by atoms with Crippen LogP contribution in [0.15, 0.2) is 48.8 Å². The molecule has 6 nitrogen and oxygen atoms in total. The molecule has 0 aliphatic rings. The van der Waals surface area contributed by atoms with Crippen LogP contribution in [0.25, 0.3) is 22.6 Å². The summed E-state index contributed by atoms with van der Waals surface area (Å²) in [6.07, 6.45) is 2.95. The number of halogens is 2. The first-order valence-electron chi connectivity index (χ1n) is 8.51. The first-order chi connectivity index (χ1) is 13.5. The Morgan fingerprint density at radius 1 is 1.18 bits per heavy atom. The molecule has 2 aromatic heterocycles. The lowest BCUT2D eigenvalue weighted by atomic mass is 10.1. The first kappa shape index (κ1) is 19.3. The molecule has 0 atom stereocenters. The van der Waals surface area contributed by atoms with Gasteiger partial charge in [-0.15, -0.1) is 0 Å². The number of alkyl halides is 2. The van der Waals surface area contributed by atoms with E-state index in [4.69, 9.17) is 4.74 Å². The smallest absolute Gasteiger partial charge is 0.387 e. The SMILES string of the molecule is CCOC(=O)c1cnc(-c2ccc(OC(F)F)c(-c3ccccn3)c2)nc1C. The summed E-state index contributed by atoms with van der Waals surface area (Å²) < 4.78 is 35.1. The highest BCUT2D eigenvalue weighted by molar-refractivity contribution is 5.90. The minimum atomic E-state index is -2.96. The van der Waals surface area contributed by atoms with Gasteiger partial charge in [0.05, 0.1) is 23.6 Å². The topological polar surface area (TPSA) is 74.2 Å². The minimum absolute atomic E-state index is 0.00249. The monoisotopic (exact) mass is 385 g/mol. The van der Waals surface area contributed by atoms with Gasteiger partial charge in [-0.1, -0.05) is 6.07 Å². The number of hydrogen-bond donors (Lipinski definition) is 0. The van der Waals surface area contributed by atoms with Crippen LogP contribution in [0, 0.1) is 6.92 Å². The second-order valence-electron chi connectivity index (χ2n) is 5.72. The van der Waals surface area contributed by atoms with Gasteiger partial charge in [-0.2, -0.15) is 8.78 Å². The second kappa shape index (κ2) is 8.51. The van der Waals surface area contributed by atoms with Gasteiger partial charge >= 0.3 is 12.6 Å². The molecule has 0 fully saturated rings. The van der Waals surface area contributed by atoms with Crippen molar-refractivity contribution in [2.45, 2.75) is 20.5 Å². The summed E-state index contributed by atoms with van der Waals surface area (Å²) in [4.78, 5) is 24.7. The molecule has 0 bridgehead atoms. The third-order valence-corrected chi connectivity index (χ3v) is 3.87. The van der Waals surface area contributed by atoms with Crippen LogP contribution in [0.4, 0.5) is 8.78 Å². The van der Waals surface area contributed by atoms with E-state index in [0.29, 0.717) is 28.3 Å². The highest BCUT2D eigenvalue weighted by atomic mass is 19.3. The Kier molecular flexibility index (Phi) is 5.88. The Hall–Kier alpha value is -3.42. The number of rotatable bonds is 6. The van der Waals surface area contributed by atoms with Crippen LogP contribution in [-0.4, -0.2) is 34.1 Å². The third-order valence-electron chi connectivity index (χ3n) is 3.87. The summed E-state index contributed by atoms with van der Waals surface area (Å²) >= 11 is 0.